The molecule has 0 saturated heterocycles. The van der Waals surface area contributed by atoms with Crippen LogP contribution in [0.2, 0.25) is 0 Å². The molecule has 0 unspecified atom stereocenters. The van der Waals surface area contributed by atoms with E-state index in [4.69, 9.17) is 5.11 Å². The summed E-state index contributed by atoms with van der Waals surface area (Å²) < 4.78 is 39.5. The fourth-order valence-electron chi connectivity index (χ4n) is 1.66. The van der Waals surface area contributed by atoms with Gasteiger partial charge in [0.25, 0.3) is 5.91 Å². The third kappa shape index (κ3) is 3.49. The maximum atomic E-state index is 13.6. The minimum Gasteiger partial charge on any atom is -0.481 e. The van der Waals surface area contributed by atoms with Crippen LogP contribution >= 0.6 is 0 Å². The first-order chi connectivity index (χ1) is 9.25. The van der Waals surface area contributed by atoms with Gasteiger partial charge in [0.05, 0.1) is 12.0 Å². The zero-order valence-electron chi connectivity index (χ0n) is 11.0. The molecule has 1 aromatic rings. The van der Waals surface area contributed by atoms with Gasteiger partial charge in [0.15, 0.2) is 17.5 Å². The number of aliphatic carboxylic acids is 1. The van der Waals surface area contributed by atoms with E-state index in [1.165, 1.54) is 0 Å². The molecule has 1 rings (SSSR count). The number of benzene rings is 1. The lowest BCUT2D eigenvalue weighted by atomic mass is 10.1. The second-order valence-electron chi connectivity index (χ2n) is 4.46. The van der Waals surface area contributed by atoms with Gasteiger partial charge in [-0.2, -0.15) is 0 Å². The van der Waals surface area contributed by atoms with E-state index in [-0.39, 0.29) is 13.0 Å². The first kappa shape index (κ1) is 16.0. The number of rotatable bonds is 5. The first-order valence-electron chi connectivity index (χ1n) is 5.92. The molecule has 0 saturated carbocycles. The van der Waals surface area contributed by atoms with Gasteiger partial charge in [0, 0.05) is 12.6 Å². The van der Waals surface area contributed by atoms with Crippen molar-refractivity contribution in [1.82, 2.24) is 4.90 Å². The highest BCUT2D eigenvalue weighted by atomic mass is 19.2. The average Bonchev–Trinajstić information content (AvgIpc) is 2.35. The van der Waals surface area contributed by atoms with Gasteiger partial charge in [-0.25, -0.2) is 13.2 Å². The molecule has 0 fully saturated rings. The van der Waals surface area contributed by atoms with E-state index in [0.29, 0.717) is 6.07 Å². The molecule has 7 heteroatoms. The van der Waals surface area contributed by atoms with Crippen LogP contribution in [0.1, 0.15) is 30.6 Å². The van der Waals surface area contributed by atoms with Crippen LogP contribution in [-0.2, 0) is 4.79 Å². The van der Waals surface area contributed by atoms with Crippen molar-refractivity contribution in [3.05, 3.63) is 35.1 Å². The molecule has 20 heavy (non-hydrogen) atoms. The van der Waals surface area contributed by atoms with Gasteiger partial charge in [-0.3, -0.25) is 9.59 Å². The molecule has 0 aliphatic rings. The molecule has 0 aromatic heterocycles. The smallest absolute Gasteiger partial charge is 0.305 e. The van der Waals surface area contributed by atoms with Gasteiger partial charge in [-0.15, -0.1) is 0 Å². The summed E-state index contributed by atoms with van der Waals surface area (Å²) in [5, 5.41) is 8.61. The number of halogens is 3. The number of amides is 1. The number of carboxylic acid groups (broad SMARTS) is 1. The van der Waals surface area contributed by atoms with E-state index in [2.05, 4.69) is 0 Å². The van der Waals surface area contributed by atoms with Crippen LogP contribution < -0.4 is 0 Å². The number of carbonyl (C=O) groups excluding carboxylic acids is 1. The van der Waals surface area contributed by atoms with E-state index >= 15 is 0 Å². The summed E-state index contributed by atoms with van der Waals surface area (Å²) in [6.07, 6.45) is -0.324. The number of hydrogen-bond acceptors (Lipinski definition) is 2. The minimum atomic E-state index is -1.72. The second-order valence-corrected chi connectivity index (χ2v) is 4.46. The van der Waals surface area contributed by atoms with Crippen LogP contribution in [0.4, 0.5) is 13.2 Å². The maximum absolute atomic E-state index is 13.6. The highest BCUT2D eigenvalue weighted by Gasteiger charge is 2.25. The minimum absolute atomic E-state index is 0.149. The molecule has 110 valence electrons. The molecule has 0 atom stereocenters. The fraction of sp³-hybridized carbons (Fsp3) is 0.385. The predicted molar refractivity (Wildman–Crippen MR) is 64.7 cm³/mol. The van der Waals surface area contributed by atoms with Crippen molar-refractivity contribution in [1.29, 1.82) is 0 Å². The second kappa shape index (κ2) is 6.40. The Morgan fingerprint density at radius 1 is 1.20 bits per heavy atom. The van der Waals surface area contributed by atoms with Crippen molar-refractivity contribution in [2.45, 2.75) is 26.3 Å². The molecule has 0 bridgehead atoms. The Morgan fingerprint density at radius 3 is 2.30 bits per heavy atom. The summed E-state index contributed by atoms with van der Waals surface area (Å²) in [6, 6.07) is 1.09. The van der Waals surface area contributed by atoms with Crippen LogP contribution in [0.5, 0.6) is 0 Å². The molecule has 4 nitrogen and oxygen atoms in total. The molecule has 1 N–H and O–H groups in total. The van der Waals surface area contributed by atoms with Gasteiger partial charge in [0.2, 0.25) is 0 Å². The summed E-state index contributed by atoms with van der Waals surface area (Å²) in [4.78, 5) is 23.7. The Balaban J connectivity index is 3.07. The van der Waals surface area contributed by atoms with Crippen LogP contribution in [0.3, 0.4) is 0 Å². The zero-order chi connectivity index (χ0) is 15.4. The van der Waals surface area contributed by atoms with E-state index in [1.807, 2.05) is 0 Å². The molecular formula is C13H14F3NO3. The third-order valence-corrected chi connectivity index (χ3v) is 2.72. The monoisotopic (exact) mass is 289 g/mol. The average molecular weight is 289 g/mol. The number of carboxylic acids is 1. The lowest BCUT2D eigenvalue weighted by Crippen LogP contribution is -2.39. The zero-order valence-corrected chi connectivity index (χ0v) is 11.0. The molecule has 0 spiro atoms. The molecule has 0 heterocycles. The predicted octanol–water partition coefficient (Wildman–Crippen LogP) is 2.43. The Hall–Kier alpha value is -2.05. The standard InChI is InChI=1S/C13H14F3NO3/c1-7(2)17(6-5-10(18)19)13(20)8-3-4-9(14)12(16)11(8)15/h3-4,7H,5-6H2,1-2H3,(H,18,19). The van der Waals surface area contributed by atoms with E-state index in [0.717, 1.165) is 11.0 Å². The topological polar surface area (TPSA) is 57.6 Å². The molecule has 1 amide bonds. The number of nitrogens with zero attached hydrogens (tertiary/aromatic N) is 1. The Kier molecular flexibility index (Phi) is 5.12. The van der Waals surface area contributed by atoms with E-state index in [1.54, 1.807) is 13.8 Å². The third-order valence-electron chi connectivity index (χ3n) is 2.72. The molecule has 1 aromatic carbocycles. The molecule has 0 aliphatic carbocycles. The molecule has 0 aliphatic heterocycles. The van der Waals surface area contributed by atoms with Gasteiger partial charge in [0.1, 0.15) is 0 Å². The number of hydrogen-bond donors (Lipinski definition) is 1. The lowest BCUT2D eigenvalue weighted by Gasteiger charge is -2.26. The molecule has 0 radical (unpaired) electrons. The van der Waals surface area contributed by atoms with Crippen molar-refractivity contribution >= 4 is 11.9 Å². The summed E-state index contributed by atoms with van der Waals surface area (Å²) in [6.45, 7) is 3.07. The summed E-state index contributed by atoms with van der Waals surface area (Å²) in [7, 11) is 0. The van der Waals surface area contributed by atoms with Gasteiger partial charge in [-0.05, 0) is 26.0 Å². The number of carbonyl (C=O) groups is 2. The molecular weight excluding hydrogens is 275 g/mol. The maximum Gasteiger partial charge on any atom is 0.305 e. The summed E-state index contributed by atoms with van der Waals surface area (Å²) in [5.74, 6) is -6.68. The Labute approximate surface area is 113 Å². The van der Waals surface area contributed by atoms with Crippen molar-refractivity contribution < 1.29 is 27.9 Å². The lowest BCUT2D eigenvalue weighted by molar-refractivity contribution is -0.137. The normalized spacial score (nSPS) is 10.7. The van der Waals surface area contributed by atoms with Crippen molar-refractivity contribution in [2.75, 3.05) is 6.54 Å². The van der Waals surface area contributed by atoms with Gasteiger partial charge >= 0.3 is 5.97 Å². The Morgan fingerprint density at radius 2 is 1.80 bits per heavy atom. The summed E-state index contributed by atoms with van der Waals surface area (Å²) in [5.41, 5.74) is -0.622. The van der Waals surface area contributed by atoms with E-state index in [9.17, 15) is 22.8 Å². The van der Waals surface area contributed by atoms with Crippen LogP contribution in [0, 0.1) is 17.5 Å². The first-order valence-corrected chi connectivity index (χ1v) is 5.92. The van der Waals surface area contributed by atoms with Crippen molar-refractivity contribution in [3.8, 4) is 0 Å². The largest absolute Gasteiger partial charge is 0.481 e. The van der Waals surface area contributed by atoms with Gasteiger partial charge in [-0.1, -0.05) is 0 Å². The van der Waals surface area contributed by atoms with Crippen molar-refractivity contribution in [2.24, 2.45) is 0 Å². The van der Waals surface area contributed by atoms with Crippen LogP contribution in [0.25, 0.3) is 0 Å². The highest BCUT2D eigenvalue weighted by Crippen LogP contribution is 2.18. The fourth-order valence-corrected chi connectivity index (χ4v) is 1.66. The van der Waals surface area contributed by atoms with E-state index < -0.39 is 40.9 Å². The Bertz CT molecular complexity index is 532. The van der Waals surface area contributed by atoms with Crippen LogP contribution in [0.15, 0.2) is 12.1 Å². The quantitative estimate of drug-likeness (QED) is 0.847. The SMILES string of the molecule is CC(C)N(CCC(=O)O)C(=O)c1ccc(F)c(F)c1F. The van der Waals surface area contributed by atoms with Crippen LogP contribution in [-0.4, -0.2) is 34.5 Å². The van der Waals surface area contributed by atoms with Crippen molar-refractivity contribution in [3.63, 3.8) is 0 Å². The highest BCUT2D eigenvalue weighted by molar-refractivity contribution is 5.94. The van der Waals surface area contributed by atoms with Gasteiger partial charge < -0.3 is 10.0 Å². The summed E-state index contributed by atoms with van der Waals surface area (Å²) >= 11 is 0.